The first-order chi connectivity index (χ1) is 15.7. The molecule has 1 aliphatic heterocycles. The van der Waals surface area contributed by atoms with Gasteiger partial charge in [0, 0.05) is 36.0 Å². The molecule has 4 rings (SSSR count). The maximum absolute atomic E-state index is 14.1. The molecule has 3 heterocycles. The first-order valence-corrected chi connectivity index (χ1v) is 11.0. The minimum Gasteiger partial charge on any atom is -0.444 e. The molecule has 1 saturated heterocycles. The highest BCUT2D eigenvalue weighted by Crippen LogP contribution is 2.30. The van der Waals surface area contributed by atoms with Crippen molar-refractivity contribution in [2.24, 2.45) is 0 Å². The molecule has 0 saturated carbocycles. The number of halogens is 4. The lowest BCUT2D eigenvalue weighted by molar-refractivity contribution is -0.147. The second-order valence-corrected chi connectivity index (χ2v) is 8.47. The van der Waals surface area contributed by atoms with E-state index in [1.165, 1.54) is 16.8 Å². The average Bonchev–Trinajstić information content (AvgIpc) is 3.49. The van der Waals surface area contributed by atoms with Crippen molar-refractivity contribution in [1.29, 1.82) is 0 Å². The number of rotatable bonds is 6. The van der Waals surface area contributed by atoms with Crippen molar-refractivity contribution >= 4 is 23.2 Å². The van der Waals surface area contributed by atoms with E-state index in [-0.39, 0.29) is 43.1 Å². The van der Waals surface area contributed by atoms with Crippen LogP contribution in [0.4, 0.5) is 17.6 Å². The number of nitrogens with zero attached hydrogens (tertiary/aromatic N) is 2. The fourth-order valence-electron chi connectivity index (χ4n) is 3.44. The Labute approximate surface area is 190 Å². The number of oxazole rings is 1. The van der Waals surface area contributed by atoms with Gasteiger partial charge in [-0.05, 0) is 35.6 Å². The molecule has 0 bridgehead atoms. The summed E-state index contributed by atoms with van der Waals surface area (Å²) in [6, 6.07) is 7.57. The average molecular weight is 481 g/mol. The van der Waals surface area contributed by atoms with Crippen LogP contribution < -0.4 is 5.32 Å². The zero-order valence-corrected chi connectivity index (χ0v) is 18.0. The van der Waals surface area contributed by atoms with Crippen LogP contribution >= 0.6 is 11.3 Å². The molecule has 11 heteroatoms. The molecular weight excluding hydrogens is 462 g/mol. The molecule has 1 aliphatic rings. The van der Waals surface area contributed by atoms with Crippen LogP contribution in [0.3, 0.4) is 0 Å². The first-order valence-electron chi connectivity index (χ1n) is 10.1. The normalized spacial score (nSPS) is 15.9. The van der Waals surface area contributed by atoms with Crippen LogP contribution in [-0.2, 0) is 17.3 Å². The molecule has 33 heavy (non-hydrogen) atoms. The Hall–Kier alpha value is -3.21. The number of likely N-dealkylation sites (tertiary alicyclic amines) is 1. The summed E-state index contributed by atoms with van der Waals surface area (Å²) in [6.07, 6.45) is 1.07. The van der Waals surface area contributed by atoms with Gasteiger partial charge in [-0.1, -0.05) is 12.1 Å². The first kappa shape index (κ1) is 23.0. The highest BCUT2D eigenvalue weighted by Gasteiger charge is 2.41. The summed E-state index contributed by atoms with van der Waals surface area (Å²) >= 11 is 1.08. The fourth-order valence-corrected chi connectivity index (χ4v) is 4.12. The lowest BCUT2D eigenvalue weighted by atomic mass is 10.1. The van der Waals surface area contributed by atoms with Crippen molar-refractivity contribution in [3.05, 3.63) is 64.2 Å². The Bertz CT molecular complexity index is 1130. The second-order valence-electron chi connectivity index (χ2n) is 7.69. The molecule has 0 aliphatic carbocycles. The highest BCUT2D eigenvalue weighted by atomic mass is 32.1. The van der Waals surface area contributed by atoms with Crippen LogP contribution in [0.2, 0.25) is 0 Å². The van der Waals surface area contributed by atoms with Gasteiger partial charge in [-0.15, -0.1) is 0 Å². The molecule has 1 aromatic carbocycles. The summed E-state index contributed by atoms with van der Waals surface area (Å²) in [5, 5.41) is 4.91. The number of amides is 2. The zero-order valence-electron chi connectivity index (χ0n) is 17.2. The number of alkyl halides is 4. The standard InChI is InChI=1S/C22H19F4N3O3S/c23-21(24)7-1-8-29(13-21)19(30)17-11-32-18(28-17)15-4-2-14(3-5-15)10-27-20(31)22(25,26)16-6-9-33-12-16/h2-6,9,11-12H,1,7-8,10,13H2,(H,27,31). The number of hydrogen-bond donors (Lipinski definition) is 1. The third kappa shape index (κ3) is 5.08. The number of carbonyl (C=O) groups excluding carboxylic acids is 2. The van der Waals surface area contributed by atoms with Gasteiger partial charge in [-0.3, -0.25) is 9.59 Å². The van der Waals surface area contributed by atoms with Gasteiger partial charge in [-0.2, -0.15) is 20.1 Å². The van der Waals surface area contributed by atoms with Gasteiger partial charge in [0.05, 0.1) is 6.54 Å². The number of benzene rings is 1. The number of aromatic nitrogens is 1. The lowest BCUT2D eigenvalue weighted by Gasteiger charge is -2.31. The predicted octanol–water partition coefficient (Wildman–Crippen LogP) is 4.68. The number of nitrogens with one attached hydrogen (secondary N) is 1. The van der Waals surface area contributed by atoms with Crippen LogP contribution in [0.15, 0.2) is 51.8 Å². The van der Waals surface area contributed by atoms with Gasteiger partial charge in [0.15, 0.2) is 5.69 Å². The van der Waals surface area contributed by atoms with Crippen molar-refractivity contribution < 1.29 is 31.6 Å². The summed E-state index contributed by atoms with van der Waals surface area (Å²) in [4.78, 5) is 29.5. The Kier molecular flexibility index (Phi) is 6.24. The third-order valence-corrected chi connectivity index (χ3v) is 5.91. The Morgan fingerprint density at radius 2 is 1.97 bits per heavy atom. The minimum atomic E-state index is -3.63. The Morgan fingerprint density at radius 3 is 2.64 bits per heavy atom. The number of carbonyl (C=O) groups is 2. The van der Waals surface area contributed by atoms with E-state index in [2.05, 4.69) is 10.3 Å². The molecule has 1 N–H and O–H groups in total. The molecule has 0 unspecified atom stereocenters. The molecule has 6 nitrogen and oxygen atoms in total. The maximum Gasteiger partial charge on any atom is 0.350 e. The van der Waals surface area contributed by atoms with Gasteiger partial charge < -0.3 is 14.6 Å². The van der Waals surface area contributed by atoms with E-state index < -0.39 is 30.2 Å². The lowest BCUT2D eigenvalue weighted by Crippen LogP contribution is -2.45. The van der Waals surface area contributed by atoms with E-state index in [0.29, 0.717) is 11.1 Å². The molecule has 0 spiro atoms. The van der Waals surface area contributed by atoms with Gasteiger partial charge in [0.1, 0.15) is 6.26 Å². The number of piperidine rings is 1. The Morgan fingerprint density at radius 1 is 1.21 bits per heavy atom. The summed E-state index contributed by atoms with van der Waals surface area (Å²) in [5.74, 6) is -8.46. The van der Waals surface area contributed by atoms with Gasteiger partial charge >= 0.3 is 5.92 Å². The van der Waals surface area contributed by atoms with Crippen molar-refractivity contribution in [3.8, 4) is 11.5 Å². The predicted molar refractivity (Wildman–Crippen MR) is 112 cm³/mol. The van der Waals surface area contributed by atoms with E-state index in [1.54, 1.807) is 24.3 Å². The van der Waals surface area contributed by atoms with Crippen LogP contribution in [0.5, 0.6) is 0 Å². The van der Waals surface area contributed by atoms with Crippen molar-refractivity contribution in [2.75, 3.05) is 13.1 Å². The van der Waals surface area contributed by atoms with Crippen LogP contribution in [0.25, 0.3) is 11.5 Å². The molecule has 0 radical (unpaired) electrons. The van der Waals surface area contributed by atoms with E-state index >= 15 is 0 Å². The molecule has 0 atom stereocenters. The quantitative estimate of drug-likeness (QED) is 0.519. The largest absolute Gasteiger partial charge is 0.444 e. The van der Waals surface area contributed by atoms with Crippen LogP contribution in [0.1, 0.15) is 34.5 Å². The highest BCUT2D eigenvalue weighted by molar-refractivity contribution is 7.08. The topological polar surface area (TPSA) is 75.4 Å². The number of thiophene rings is 1. The third-order valence-electron chi connectivity index (χ3n) is 5.23. The summed E-state index contributed by atoms with van der Waals surface area (Å²) in [5.41, 5.74) is 0.626. The van der Waals surface area contributed by atoms with E-state index in [0.717, 1.165) is 22.5 Å². The molecule has 2 amide bonds. The van der Waals surface area contributed by atoms with E-state index in [4.69, 9.17) is 4.42 Å². The Balaban J connectivity index is 1.37. The van der Waals surface area contributed by atoms with Crippen LogP contribution in [0, 0.1) is 0 Å². The SMILES string of the molecule is O=C(c1coc(-c2ccc(CNC(=O)C(F)(F)c3ccsc3)cc2)n1)N1CCCC(F)(F)C1. The molecular formula is C22H19F4N3O3S. The summed E-state index contributed by atoms with van der Waals surface area (Å²) in [6.45, 7) is -0.542. The second kappa shape index (κ2) is 8.97. The van der Waals surface area contributed by atoms with Gasteiger partial charge in [0.2, 0.25) is 5.89 Å². The van der Waals surface area contributed by atoms with Crippen molar-refractivity contribution in [1.82, 2.24) is 15.2 Å². The molecule has 3 aromatic rings. The van der Waals surface area contributed by atoms with Crippen molar-refractivity contribution in [2.45, 2.75) is 31.2 Å². The molecule has 1 fully saturated rings. The number of hydrogen-bond acceptors (Lipinski definition) is 5. The maximum atomic E-state index is 14.1. The zero-order chi connectivity index (χ0) is 23.6. The molecule has 174 valence electrons. The summed E-state index contributed by atoms with van der Waals surface area (Å²) < 4.78 is 60.7. The molecule has 2 aromatic heterocycles. The van der Waals surface area contributed by atoms with E-state index in [1.807, 2.05) is 0 Å². The fraction of sp³-hybridized carbons (Fsp3) is 0.318. The minimum absolute atomic E-state index is 0.0744. The van der Waals surface area contributed by atoms with E-state index in [9.17, 15) is 27.2 Å². The van der Waals surface area contributed by atoms with Gasteiger partial charge in [0.25, 0.3) is 17.7 Å². The summed E-state index contributed by atoms with van der Waals surface area (Å²) in [7, 11) is 0. The smallest absolute Gasteiger partial charge is 0.350 e. The monoisotopic (exact) mass is 481 g/mol. The van der Waals surface area contributed by atoms with Crippen LogP contribution in [-0.4, -0.2) is 40.7 Å². The van der Waals surface area contributed by atoms with Gasteiger partial charge in [-0.25, -0.2) is 13.8 Å². The van der Waals surface area contributed by atoms with Crippen molar-refractivity contribution in [3.63, 3.8) is 0 Å².